The Hall–Kier alpha value is -3.66. The van der Waals surface area contributed by atoms with Crippen LogP contribution in [0.25, 0.3) is 0 Å². The highest BCUT2D eigenvalue weighted by Crippen LogP contribution is 2.30. The highest BCUT2D eigenvalue weighted by Gasteiger charge is 2.49. The highest BCUT2D eigenvalue weighted by atomic mass is 32.1. The Balaban J connectivity index is 1.52. The minimum Gasteiger partial charge on any atom is -0.459 e. The van der Waals surface area contributed by atoms with Crippen LogP contribution in [0.4, 0.5) is 0 Å². The normalized spacial score (nSPS) is 23.3. The fourth-order valence-electron chi connectivity index (χ4n) is 3.65. The number of ether oxygens (including phenoxy) is 4. The molecule has 5 atom stereocenters. The molecule has 1 fully saturated rings. The third kappa shape index (κ3) is 6.12. The summed E-state index contributed by atoms with van der Waals surface area (Å²) in [5.41, 5.74) is 0.845. The number of thiol groups is 1. The van der Waals surface area contributed by atoms with Crippen LogP contribution < -0.4 is 0 Å². The zero-order valence-corrected chi connectivity index (χ0v) is 19.9. The quantitative estimate of drug-likeness (QED) is 0.284. The summed E-state index contributed by atoms with van der Waals surface area (Å²) in [6.07, 6.45) is -5.22. The van der Waals surface area contributed by atoms with Crippen LogP contribution in [0, 0.1) is 0 Å². The second kappa shape index (κ2) is 11.9. The van der Waals surface area contributed by atoms with Gasteiger partial charge in [0.25, 0.3) is 0 Å². The van der Waals surface area contributed by atoms with Crippen LogP contribution in [-0.4, -0.2) is 59.5 Å². The molecule has 0 aromatic heterocycles. The molecular formula is C27H24O8S. The van der Waals surface area contributed by atoms with Crippen LogP contribution >= 0.6 is 12.6 Å². The number of hydrogen-bond donors (Lipinski definition) is 2. The van der Waals surface area contributed by atoms with Crippen molar-refractivity contribution >= 4 is 30.5 Å². The van der Waals surface area contributed by atoms with Gasteiger partial charge in [-0.1, -0.05) is 54.6 Å². The van der Waals surface area contributed by atoms with Gasteiger partial charge in [-0.3, -0.25) is 0 Å². The van der Waals surface area contributed by atoms with Crippen molar-refractivity contribution < 1.29 is 38.4 Å². The summed E-state index contributed by atoms with van der Waals surface area (Å²) in [6, 6.07) is 24.7. The van der Waals surface area contributed by atoms with Crippen LogP contribution in [-0.2, 0) is 18.9 Å². The minimum absolute atomic E-state index is 0.243. The van der Waals surface area contributed by atoms with Gasteiger partial charge in [0.05, 0.1) is 21.9 Å². The van der Waals surface area contributed by atoms with Crippen molar-refractivity contribution in [1.82, 2.24) is 0 Å². The largest absolute Gasteiger partial charge is 0.459 e. The van der Waals surface area contributed by atoms with Gasteiger partial charge >= 0.3 is 17.9 Å². The summed E-state index contributed by atoms with van der Waals surface area (Å²) < 4.78 is 22.1. The maximum absolute atomic E-state index is 12.8. The molecule has 9 heteroatoms. The van der Waals surface area contributed by atoms with E-state index in [2.05, 4.69) is 12.6 Å². The zero-order chi connectivity index (χ0) is 25.5. The van der Waals surface area contributed by atoms with Crippen LogP contribution in [0.15, 0.2) is 91.0 Å². The maximum Gasteiger partial charge on any atom is 0.338 e. The molecule has 4 rings (SSSR count). The molecule has 0 unspecified atom stereocenters. The lowest BCUT2D eigenvalue weighted by Crippen LogP contribution is -2.59. The molecule has 186 valence electrons. The average molecular weight is 509 g/mol. The molecule has 1 aliphatic heterocycles. The SMILES string of the molecule is O=C(OC[C@H]1O[C@H](O)[C@H](OC(=O)c2ccccc2)[C@@H](OC(=O)c2ccccc2)[C@H]1S)c1ccccc1. The first kappa shape index (κ1) is 25.4. The van der Waals surface area contributed by atoms with Gasteiger partial charge in [0.15, 0.2) is 18.5 Å². The summed E-state index contributed by atoms with van der Waals surface area (Å²) in [5, 5.41) is 9.82. The molecule has 0 saturated carbocycles. The van der Waals surface area contributed by atoms with Gasteiger partial charge in [-0.2, -0.15) is 12.6 Å². The van der Waals surface area contributed by atoms with Gasteiger partial charge in [0.2, 0.25) is 0 Å². The number of carbonyl (C=O) groups is 3. The smallest absolute Gasteiger partial charge is 0.338 e. The fraction of sp³-hybridized carbons (Fsp3) is 0.222. The number of aliphatic hydroxyl groups is 1. The molecule has 3 aromatic rings. The highest BCUT2D eigenvalue weighted by molar-refractivity contribution is 7.81. The molecule has 0 aliphatic carbocycles. The molecule has 0 spiro atoms. The van der Waals surface area contributed by atoms with E-state index in [4.69, 9.17) is 18.9 Å². The monoisotopic (exact) mass is 508 g/mol. The minimum atomic E-state index is -1.67. The van der Waals surface area contributed by atoms with Gasteiger partial charge in [-0.15, -0.1) is 0 Å². The van der Waals surface area contributed by atoms with Crippen LogP contribution in [0.1, 0.15) is 31.1 Å². The van der Waals surface area contributed by atoms with Crippen LogP contribution in [0.3, 0.4) is 0 Å². The van der Waals surface area contributed by atoms with E-state index in [1.807, 2.05) is 0 Å². The van der Waals surface area contributed by atoms with E-state index in [-0.39, 0.29) is 17.7 Å². The van der Waals surface area contributed by atoms with Crippen LogP contribution in [0.2, 0.25) is 0 Å². The Morgan fingerprint density at radius 1 is 0.694 bits per heavy atom. The summed E-state index contributed by atoms with van der Waals surface area (Å²) in [6.45, 7) is -0.280. The zero-order valence-electron chi connectivity index (χ0n) is 19.0. The third-order valence-electron chi connectivity index (χ3n) is 5.53. The summed E-state index contributed by atoms with van der Waals surface area (Å²) in [5.74, 6) is -2.03. The molecule has 1 aliphatic rings. The average Bonchev–Trinajstić information content (AvgIpc) is 2.92. The second-order valence-corrected chi connectivity index (χ2v) is 8.59. The van der Waals surface area contributed by atoms with Crippen molar-refractivity contribution in [2.75, 3.05) is 6.61 Å². The van der Waals surface area contributed by atoms with Gasteiger partial charge in [-0.05, 0) is 36.4 Å². The topological polar surface area (TPSA) is 108 Å². The molecular weight excluding hydrogens is 484 g/mol. The Labute approximate surface area is 213 Å². The molecule has 1 heterocycles. The van der Waals surface area contributed by atoms with Gasteiger partial charge < -0.3 is 24.1 Å². The lowest BCUT2D eigenvalue weighted by Gasteiger charge is -2.41. The van der Waals surface area contributed by atoms with Crippen molar-refractivity contribution in [3.63, 3.8) is 0 Å². The molecule has 3 aromatic carbocycles. The molecule has 1 saturated heterocycles. The molecule has 0 bridgehead atoms. The second-order valence-electron chi connectivity index (χ2n) is 7.99. The number of esters is 3. The summed E-state index contributed by atoms with van der Waals surface area (Å²) in [4.78, 5) is 37.9. The fourth-order valence-corrected chi connectivity index (χ4v) is 4.04. The van der Waals surface area contributed by atoms with E-state index in [1.54, 1.807) is 91.0 Å². The number of aliphatic hydroxyl groups excluding tert-OH is 1. The maximum atomic E-state index is 12.8. The summed E-state index contributed by atoms with van der Waals surface area (Å²) in [7, 11) is 0. The molecule has 0 amide bonds. The lowest BCUT2D eigenvalue weighted by atomic mass is 10.0. The summed E-state index contributed by atoms with van der Waals surface area (Å²) >= 11 is 4.54. The number of benzene rings is 3. The number of carbonyl (C=O) groups excluding carboxylic acids is 3. The molecule has 36 heavy (non-hydrogen) atoms. The van der Waals surface area contributed by atoms with Crippen LogP contribution in [0.5, 0.6) is 0 Å². The van der Waals surface area contributed by atoms with E-state index in [9.17, 15) is 19.5 Å². The standard InChI is InChI=1S/C27H24O8S/c28-24(17-10-4-1-5-11-17)32-16-20-23(36)21(34-25(29)18-12-6-2-7-13-18)22(27(31)33-20)35-26(30)19-14-8-3-9-15-19/h1-15,20-23,27,31,36H,16H2/t20-,21-,22-,23+,27+/m1/s1. The van der Waals surface area contributed by atoms with E-state index in [1.165, 1.54) is 0 Å². The molecule has 1 N–H and O–H groups in total. The third-order valence-corrected chi connectivity index (χ3v) is 6.16. The van der Waals surface area contributed by atoms with Gasteiger partial charge in [0, 0.05) is 0 Å². The first-order chi connectivity index (χ1) is 17.4. The molecule has 0 radical (unpaired) electrons. The Morgan fingerprint density at radius 2 is 1.11 bits per heavy atom. The van der Waals surface area contributed by atoms with E-state index in [0.29, 0.717) is 5.56 Å². The van der Waals surface area contributed by atoms with Crippen molar-refractivity contribution in [2.24, 2.45) is 0 Å². The predicted octanol–water partition coefficient (Wildman–Crippen LogP) is 3.31. The van der Waals surface area contributed by atoms with Gasteiger partial charge in [-0.25, -0.2) is 14.4 Å². The van der Waals surface area contributed by atoms with E-state index in [0.717, 1.165) is 0 Å². The Kier molecular flexibility index (Phi) is 8.37. The van der Waals surface area contributed by atoms with Crippen molar-refractivity contribution in [1.29, 1.82) is 0 Å². The Morgan fingerprint density at radius 3 is 1.58 bits per heavy atom. The van der Waals surface area contributed by atoms with Crippen molar-refractivity contribution in [3.05, 3.63) is 108 Å². The van der Waals surface area contributed by atoms with E-state index < -0.39 is 47.8 Å². The van der Waals surface area contributed by atoms with Crippen molar-refractivity contribution in [2.45, 2.75) is 29.9 Å². The number of hydrogen-bond acceptors (Lipinski definition) is 9. The van der Waals surface area contributed by atoms with Gasteiger partial charge in [0.1, 0.15) is 12.7 Å². The number of rotatable bonds is 7. The van der Waals surface area contributed by atoms with Crippen molar-refractivity contribution in [3.8, 4) is 0 Å². The predicted molar refractivity (Wildman–Crippen MR) is 132 cm³/mol. The Bertz CT molecular complexity index is 1170. The van der Waals surface area contributed by atoms with E-state index >= 15 is 0 Å². The lowest BCUT2D eigenvalue weighted by molar-refractivity contribution is -0.247. The first-order valence-corrected chi connectivity index (χ1v) is 11.7. The first-order valence-electron chi connectivity index (χ1n) is 11.2. The molecule has 8 nitrogen and oxygen atoms in total.